The van der Waals surface area contributed by atoms with Crippen LogP contribution in [0.25, 0.3) is 10.6 Å². The number of thiazole rings is 1. The maximum absolute atomic E-state index is 11.9. The number of amides is 1. The van der Waals surface area contributed by atoms with Crippen molar-refractivity contribution in [3.8, 4) is 10.6 Å². The molecule has 0 saturated heterocycles. The fourth-order valence-corrected chi connectivity index (χ4v) is 3.06. The SMILES string of the molecule is CCC(O)CCNC(=O)c1csc(-c2ccsc2)n1. The Morgan fingerprint density at radius 2 is 2.37 bits per heavy atom. The number of thiophene rings is 1. The van der Waals surface area contributed by atoms with E-state index in [0.717, 1.165) is 10.6 Å². The van der Waals surface area contributed by atoms with Crippen molar-refractivity contribution in [1.29, 1.82) is 0 Å². The molecule has 0 aliphatic rings. The van der Waals surface area contributed by atoms with Crippen LogP contribution in [0.2, 0.25) is 0 Å². The van der Waals surface area contributed by atoms with Crippen LogP contribution in [0.5, 0.6) is 0 Å². The van der Waals surface area contributed by atoms with Gasteiger partial charge in [-0.05, 0) is 24.3 Å². The highest BCUT2D eigenvalue weighted by Gasteiger charge is 2.12. The molecular weight excluding hydrogens is 280 g/mol. The van der Waals surface area contributed by atoms with Gasteiger partial charge in [-0.15, -0.1) is 11.3 Å². The lowest BCUT2D eigenvalue weighted by molar-refractivity contribution is 0.0938. The highest BCUT2D eigenvalue weighted by molar-refractivity contribution is 7.14. The number of nitrogens with zero attached hydrogens (tertiary/aromatic N) is 1. The van der Waals surface area contributed by atoms with Gasteiger partial charge in [-0.2, -0.15) is 11.3 Å². The van der Waals surface area contributed by atoms with E-state index >= 15 is 0 Å². The molecule has 0 spiro atoms. The largest absolute Gasteiger partial charge is 0.393 e. The quantitative estimate of drug-likeness (QED) is 0.861. The smallest absolute Gasteiger partial charge is 0.270 e. The second kappa shape index (κ2) is 6.79. The Morgan fingerprint density at radius 1 is 1.53 bits per heavy atom. The topological polar surface area (TPSA) is 62.2 Å². The lowest BCUT2D eigenvalue weighted by Crippen LogP contribution is -2.27. The average molecular weight is 296 g/mol. The molecule has 19 heavy (non-hydrogen) atoms. The minimum atomic E-state index is -0.350. The van der Waals surface area contributed by atoms with Gasteiger partial charge in [-0.25, -0.2) is 4.98 Å². The van der Waals surface area contributed by atoms with E-state index in [-0.39, 0.29) is 12.0 Å². The number of carbonyl (C=O) groups is 1. The monoisotopic (exact) mass is 296 g/mol. The number of nitrogens with one attached hydrogen (secondary N) is 1. The minimum Gasteiger partial charge on any atom is -0.393 e. The van der Waals surface area contributed by atoms with E-state index in [1.54, 1.807) is 16.7 Å². The molecule has 2 aromatic heterocycles. The summed E-state index contributed by atoms with van der Waals surface area (Å²) in [6.45, 7) is 2.39. The Kier molecular flexibility index (Phi) is 5.07. The molecule has 102 valence electrons. The van der Waals surface area contributed by atoms with E-state index < -0.39 is 0 Å². The van der Waals surface area contributed by atoms with Crippen LogP contribution in [0.4, 0.5) is 0 Å². The van der Waals surface area contributed by atoms with Crippen molar-refractivity contribution in [1.82, 2.24) is 10.3 Å². The zero-order valence-electron chi connectivity index (χ0n) is 10.6. The summed E-state index contributed by atoms with van der Waals surface area (Å²) in [5.74, 6) is -0.180. The number of hydrogen-bond acceptors (Lipinski definition) is 5. The number of rotatable bonds is 6. The van der Waals surface area contributed by atoms with E-state index in [1.807, 2.05) is 23.8 Å². The fourth-order valence-electron chi connectivity index (χ4n) is 1.54. The molecule has 2 N–H and O–H groups in total. The van der Waals surface area contributed by atoms with Crippen molar-refractivity contribution in [2.75, 3.05) is 6.54 Å². The Hall–Kier alpha value is -1.24. The maximum Gasteiger partial charge on any atom is 0.270 e. The Morgan fingerprint density at radius 3 is 3.05 bits per heavy atom. The maximum atomic E-state index is 11.9. The van der Waals surface area contributed by atoms with Crippen LogP contribution < -0.4 is 5.32 Å². The summed E-state index contributed by atoms with van der Waals surface area (Å²) < 4.78 is 0. The van der Waals surface area contributed by atoms with Gasteiger partial charge in [0.1, 0.15) is 10.7 Å². The van der Waals surface area contributed by atoms with Crippen molar-refractivity contribution < 1.29 is 9.90 Å². The summed E-state index contributed by atoms with van der Waals surface area (Å²) in [5.41, 5.74) is 1.49. The minimum absolute atomic E-state index is 0.180. The molecule has 0 aliphatic carbocycles. The first kappa shape index (κ1) is 14.2. The molecule has 0 aromatic carbocycles. The van der Waals surface area contributed by atoms with Gasteiger partial charge in [0.05, 0.1) is 6.10 Å². The summed E-state index contributed by atoms with van der Waals surface area (Å²) in [5, 5.41) is 18.8. The van der Waals surface area contributed by atoms with Crippen molar-refractivity contribution in [2.45, 2.75) is 25.9 Å². The van der Waals surface area contributed by atoms with Gasteiger partial charge in [0, 0.05) is 22.9 Å². The van der Waals surface area contributed by atoms with Gasteiger partial charge in [0.15, 0.2) is 0 Å². The van der Waals surface area contributed by atoms with E-state index in [2.05, 4.69) is 10.3 Å². The molecule has 1 amide bonds. The molecule has 0 fully saturated rings. The van der Waals surface area contributed by atoms with Crippen molar-refractivity contribution in [3.63, 3.8) is 0 Å². The summed E-state index contributed by atoms with van der Waals surface area (Å²) in [6.07, 6.45) is 0.927. The lowest BCUT2D eigenvalue weighted by Gasteiger charge is -2.07. The first-order chi connectivity index (χ1) is 9.20. The molecule has 2 heterocycles. The van der Waals surface area contributed by atoms with Gasteiger partial charge in [0.25, 0.3) is 5.91 Å². The molecular formula is C13H16N2O2S2. The zero-order valence-corrected chi connectivity index (χ0v) is 12.3. The summed E-state index contributed by atoms with van der Waals surface area (Å²) >= 11 is 3.08. The third kappa shape index (κ3) is 3.86. The van der Waals surface area contributed by atoms with Crippen LogP contribution >= 0.6 is 22.7 Å². The van der Waals surface area contributed by atoms with Gasteiger partial charge in [0.2, 0.25) is 0 Å². The van der Waals surface area contributed by atoms with E-state index in [4.69, 9.17) is 0 Å². The standard InChI is InChI=1S/C13H16N2O2S2/c1-2-10(16)3-5-14-12(17)11-8-19-13(15-11)9-4-6-18-7-9/h4,6-8,10,16H,2-3,5H2,1H3,(H,14,17). The van der Waals surface area contributed by atoms with Gasteiger partial charge in [-0.3, -0.25) is 4.79 Å². The number of hydrogen-bond donors (Lipinski definition) is 2. The van der Waals surface area contributed by atoms with Crippen LogP contribution in [0.1, 0.15) is 30.3 Å². The molecule has 1 atom stereocenters. The summed E-state index contributed by atoms with van der Waals surface area (Å²) in [6, 6.07) is 1.99. The molecule has 0 saturated carbocycles. The summed E-state index contributed by atoms with van der Waals surface area (Å²) in [7, 11) is 0. The van der Waals surface area contributed by atoms with Crippen molar-refractivity contribution >= 4 is 28.6 Å². The number of aliphatic hydroxyl groups is 1. The first-order valence-corrected chi connectivity index (χ1v) is 7.97. The Labute approximate surface area is 120 Å². The first-order valence-electron chi connectivity index (χ1n) is 6.15. The van der Waals surface area contributed by atoms with Crippen LogP contribution in [-0.4, -0.2) is 28.6 Å². The number of aromatic nitrogens is 1. The van der Waals surface area contributed by atoms with Gasteiger partial charge < -0.3 is 10.4 Å². The third-order valence-corrected chi connectivity index (χ3v) is 4.31. The predicted octanol–water partition coefficient (Wildman–Crippen LogP) is 2.76. The van der Waals surface area contributed by atoms with Crippen LogP contribution in [0.3, 0.4) is 0 Å². The molecule has 4 nitrogen and oxygen atoms in total. The molecule has 0 aliphatic heterocycles. The molecule has 2 rings (SSSR count). The molecule has 0 radical (unpaired) electrons. The number of carbonyl (C=O) groups excluding carboxylic acids is 1. The van der Waals surface area contributed by atoms with Crippen LogP contribution in [0, 0.1) is 0 Å². The Bertz CT molecular complexity index is 522. The van der Waals surface area contributed by atoms with Crippen LogP contribution in [0.15, 0.2) is 22.2 Å². The second-order valence-electron chi connectivity index (χ2n) is 4.16. The normalized spacial score (nSPS) is 12.3. The highest BCUT2D eigenvalue weighted by Crippen LogP contribution is 2.25. The molecule has 0 bridgehead atoms. The third-order valence-electron chi connectivity index (χ3n) is 2.74. The van der Waals surface area contributed by atoms with Crippen molar-refractivity contribution in [2.24, 2.45) is 0 Å². The lowest BCUT2D eigenvalue weighted by atomic mass is 10.2. The summed E-state index contributed by atoms with van der Waals surface area (Å²) in [4.78, 5) is 16.2. The second-order valence-corrected chi connectivity index (χ2v) is 5.79. The van der Waals surface area contributed by atoms with E-state index in [9.17, 15) is 9.90 Å². The molecule has 6 heteroatoms. The zero-order chi connectivity index (χ0) is 13.7. The highest BCUT2D eigenvalue weighted by atomic mass is 32.1. The number of aliphatic hydroxyl groups excluding tert-OH is 1. The molecule has 1 unspecified atom stereocenters. The van der Waals surface area contributed by atoms with E-state index in [0.29, 0.717) is 25.1 Å². The van der Waals surface area contributed by atoms with E-state index in [1.165, 1.54) is 11.3 Å². The predicted molar refractivity (Wildman–Crippen MR) is 78.7 cm³/mol. The van der Waals surface area contributed by atoms with Gasteiger partial charge in [-0.1, -0.05) is 6.92 Å². The molecule has 2 aromatic rings. The fraction of sp³-hybridized carbons (Fsp3) is 0.385. The van der Waals surface area contributed by atoms with Crippen LogP contribution in [-0.2, 0) is 0 Å². The Balaban J connectivity index is 1.90. The van der Waals surface area contributed by atoms with Crippen molar-refractivity contribution in [3.05, 3.63) is 27.9 Å². The van der Waals surface area contributed by atoms with Gasteiger partial charge >= 0.3 is 0 Å². The average Bonchev–Trinajstić information content (AvgIpc) is 3.08.